The number of para-hydroxylation sites is 1. The summed E-state index contributed by atoms with van der Waals surface area (Å²) in [5.74, 6) is -0.481. The molecule has 3 aromatic carbocycles. The van der Waals surface area contributed by atoms with Gasteiger partial charge in [-0.2, -0.15) is 0 Å². The molecule has 0 radical (unpaired) electrons. The van der Waals surface area contributed by atoms with Crippen LogP contribution in [0.2, 0.25) is 0 Å². The molecule has 5 rings (SSSR count). The Morgan fingerprint density at radius 3 is 2.63 bits per heavy atom. The van der Waals surface area contributed by atoms with Crippen LogP contribution in [0.3, 0.4) is 0 Å². The van der Waals surface area contributed by atoms with E-state index in [0.717, 1.165) is 60.4 Å². The van der Waals surface area contributed by atoms with Gasteiger partial charge in [0.25, 0.3) is 5.91 Å². The second-order valence-electron chi connectivity index (χ2n) is 9.75. The molecule has 2 heterocycles. The number of anilines is 4. The number of benzene rings is 3. The molecule has 0 aliphatic carbocycles. The average Bonchev–Trinajstić information content (AvgIpc) is 3.00. The number of amides is 2. The number of fused-ring (bicyclic) bond motifs is 1. The largest absolute Gasteiger partial charge is 0.383 e. The van der Waals surface area contributed by atoms with E-state index >= 15 is 0 Å². The van der Waals surface area contributed by atoms with Crippen molar-refractivity contribution >= 4 is 45.7 Å². The molecule has 1 aliphatic heterocycles. The van der Waals surface area contributed by atoms with Crippen LogP contribution in [0.1, 0.15) is 10.4 Å². The van der Waals surface area contributed by atoms with Crippen molar-refractivity contribution in [3.05, 3.63) is 85.1 Å². The molecule has 1 saturated heterocycles. The first-order valence-corrected chi connectivity index (χ1v) is 13.4. The van der Waals surface area contributed by atoms with E-state index in [-0.39, 0.29) is 5.91 Å². The summed E-state index contributed by atoms with van der Waals surface area (Å²) >= 11 is 0. The fraction of sp³-hybridized carbons (Fsp3) is 0.226. The maximum Gasteiger partial charge on any atom is 0.250 e. The van der Waals surface area contributed by atoms with Crippen LogP contribution in [0.5, 0.6) is 0 Å². The highest BCUT2D eigenvalue weighted by atomic mass is 16.5. The lowest BCUT2D eigenvalue weighted by molar-refractivity contribution is -0.111. The van der Waals surface area contributed by atoms with E-state index in [0.29, 0.717) is 29.5 Å². The molecule has 2 amide bonds. The molecule has 0 spiro atoms. The predicted octanol–water partition coefficient (Wildman–Crippen LogP) is 4.03. The molecule has 4 aromatic rings. The summed E-state index contributed by atoms with van der Waals surface area (Å²) < 4.78 is 5.19. The number of carbonyl (C=O) groups excluding carboxylic acids is 2. The number of piperazine rings is 1. The van der Waals surface area contributed by atoms with Crippen molar-refractivity contribution in [2.24, 2.45) is 5.73 Å². The van der Waals surface area contributed by atoms with Crippen molar-refractivity contribution < 1.29 is 14.3 Å². The molecule has 41 heavy (non-hydrogen) atoms. The highest BCUT2D eigenvalue weighted by molar-refractivity contribution is 6.01. The van der Waals surface area contributed by atoms with E-state index in [1.807, 2.05) is 60.7 Å². The van der Waals surface area contributed by atoms with Gasteiger partial charge in [0.1, 0.15) is 0 Å². The van der Waals surface area contributed by atoms with E-state index in [1.54, 1.807) is 13.3 Å². The summed E-state index contributed by atoms with van der Waals surface area (Å²) in [5.41, 5.74) is 10.8. The Morgan fingerprint density at radius 2 is 1.88 bits per heavy atom. The van der Waals surface area contributed by atoms with E-state index in [9.17, 15) is 9.59 Å². The minimum Gasteiger partial charge on any atom is -0.383 e. The van der Waals surface area contributed by atoms with Crippen molar-refractivity contribution in [2.75, 3.05) is 62.0 Å². The summed E-state index contributed by atoms with van der Waals surface area (Å²) in [6.07, 6.45) is 2.96. The number of nitrogens with two attached hydrogens (primary N) is 1. The SMILES string of the molecule is C=CC(=O)Nc1cccc(-c2cccc3cnc(Nc4ccc(N5CCN(CCOC)CC5)cc4C(N)=O)nc23)c1. The molecule has 10 heteroatoms. The first kappa shape index (κ1) is 27.8. The Hall–Kier alpha value is -4.80. The number of aromatic nitrogens is 2. The van der Waals surface area contributed by atoms with Crippen molar-refractivity contribution in [2.45, 2.75) is 0 Å². The summed E-state index contributed by atoms with van der Waals surface area (Å²) in [7, 11) is 1.71. The number of methoxy groups -OCH3 is 1. The monoisotopic (exact) mass is 551 g/mol. The molecule has 0 unspecified atom stereocenters. The van der Waals surface area contributed by atoms with Crippen molar-refractivity contribution in [3.63, 3.8) is 0 Å². The van der Waals surface area contributed by atoms with Gasteiger partial charge in [0.05, 0.1) is 23.4 Å². The highest BCUT2D eigenvalue weighted by Gasteiger charge is 2.19. The highest BCUT2D eigenvalue weighted by Crippen LogP contribution is 2.31. The number of rotatable bonds is 10. The van der Waals surface area contributed by atoms with Crippen molar-refractivity contribution in [3.8, 4) is 11.1 Å². The molecule has 0 atom stereocenters. The van der Waals surface area contributed by atoms with Gasteiger partial charge in [-0.05, 0) is 42.0 Å². The van der Waals surface area contributed by atoms with E-state index < -0.39 is 5.91 Å². The Morgan fingerprint density at radius 1 is 1.07 bits per heavy atom. The lowest BCUT2D eigenvalue weighted by Gasteiger charge is -2.36. The van der Waals surface area contributed by atoms with Crippen LogP contribution >= 0.6 is 0 Å². The standard InChI is InChI=1S/C31H33N7O3/c1-3-28(39)34-23-8-4-6-21(18-23)25-9-5-7-22-20-33-31(36-29(22)25)35-27-11-10-24(19-26(27)30(32)40)38-14-12-37(13-15-38)16-17-41-2/h3-11,18-20H,1,12-17H2,2H3,(H2,32,40)(H,34,39)(H,33,35,36). The molecule has 1 aromatic heterocycles. The second-order valence-corrected chi connectivity index (χ2v) is 9.75. The number of nitrogens with one attached hydrogen (secondary N) is 2. The number of carbonyl (C=O) groups is 2. The fourth-order valence-corrected chi connectivity index (χ4v) is 4.92. The zero-order valence-corrected chi connectivity index (χ0v) is 23.0. The minimum atomic E-state index is -0.534. The quantitative estimate of drug-likeness (QED) is 0.252. The van der Waals surface area contributed by atoms with Gasteiger partial charge in [0.15, 0.2) is 0 Å². The van der Waals surface area contributed by atoms with Crippen LogP contribution < -0.4 is 21.3 Å². The van der Waals surface area contributed by atoms with Gasteiger partial charge in [-0.1, -0.05) is 36.9 Å². The molecule has 10 nitrogen and oxygen atoms in total. The zero-order valence-electron chi connectivity index (χ0n) is 23.0. The minimum absolute atomic E-state index is 0.283. The van der Waals surface area contributed by atoms with E-state index in [2.05, 4.69) is 32.0 Å². The average molecular weight is 552 g/mol. The van der Waals surface area contributed by atoms with Crippen LogP contribution in [0.15, 0.2) is 79.5 Å². The second kappa shape index (κ2) is 12.6. The van der Waals surface area contributed by atoms with Crippen LogP contribution in [0, 0.1) is 0 Å². The zero-order chi connectivity index (χ0) is 28.8. The maximum absolute atomic E-state index is 12.5. The van der Waals surface area contributed by atoms with Gasteiger partial charge >= 0.3 is 0 Å². The van der Waals surface area contributed by atoms with Crippen LogP contribution in [-0.4, -0.2) is 73.1 Å². The van der Waals surface area contributed by atoms with Crippen molar-refractivity contribution in [1.29, 1.82) is 0 Å². The smallest absolute Gasteiger partial charge is 0.250 e. The molecular formula is C31H33N7O3. The number of hydrogen-bond acceptors (Lipinski definition) is 8. The van der Waals surface area contributed by atoms with Gasteiger partial charge < -0.3 is 26.0 Å². The van der Waals surface area contributed by atoms with Crippen molar-refractivity contribution in [1.82, 2.24) is 14.9 Å². The normalized spacial score (nSPS) is 13.6. The van der Waals surface area contributed by atoms with Gasteiger partial charge in [-0.15, -0.1) is 0 Å². The van der Waals surface area contributed by atoms with Crippen LogP contribution in [0.25, 0.3) is 22.0 Å². The Kier molecular flexibility index (Phi) is 8.52. The third-order valence-electron chi connectivity index (χ3n) is 7.10. The Bertz CT molecular complexity index is 1580. The maximum atomic E-state index is 12.5. The molecular weight excluding hydrogens is 518 g/mol. The summed E-state index contributed by atoms with van der Waals surface area (Å²) in [5, 5.41) is 6.84. The topological polar surface area (TPSA) is 126 Å². The molecule has 210 valence electrons. The molecule has 0 saturated carbocycles. The van der Waals surface area contributed by atoms with E-state index in [4.69, 9.17) is 15.5 Å². The first-order chi connectivity index (χ1) is 19.9. The molecule has 4 N–H and O–H groups in total. The van der Waals surface area contributed by atoms with Crippen LogP contribution in [0.4, 0.5) is 23.0 Å². The van der Waals surface area contributed by atoms with Gasteiger partial charge in [0, 0.05) is 68.4 Å². The number of ether oxygens (including phenoxy) is 1. The fourth-order valence-electron chi connectivity index (χ4n) is 4.92. The van der Waals surface area contributed by atoms with Crippen LogP contribution in [-0.2, 0) is 9.53 Å². The predicted molar refractivity (Wildman–Crippen MR) is 163 cm³/mol. The van der Waals surface area contributed by atoms with Gasteiger partial charge in [-0.25, -0.2) is 9.97 Å². The molecule has 0 bridgehead atoms. The molecule has 1 fully saturated rings. The number of primary amides is 1. The number of nitrogens with zero attached hydrogens (tertiary/aromatic N) is 4. The first-order valence-electron chi connectivity index (χ1n) is 13.4. The molecule has 1 aliphatic rings. The van der Waals surface area contributed by atoms with E-state index in [1.165, 1.54) is 6.08 Å². The Balaban J connectivity index is 1.40. The lowest BCUT2D eigenvalue weighted by Crippen LogP contribution is -2.47. The Labute approximate surface area is 238 Å². The van der Waals surface area contributed by atoms with Gasteiger partial charge in [0.2, 0.25) is 11.9 Å². The third kappa shape index (κ3) is 6.51. The summed E-state index contributed by atoms with van der Waals surface area (Å²) in [6.45, 7) is 8.67. The number of hydrogen-bond donors (Lipinski definition) is 3. The third-order valence-corrected chi connectivity index (χ3v) is 7.10. The summed E-state index contributed by atoms with van der Waals surface area (Å²) in [4.78, 5) is 38.2. The lowest BCUT2D eigenvalue weighted by atomic mass is 10.0. The summed E-state index contributed by atoms with van der Waals surface area (Å²) in [6, 6.07) is 19.0. The van der Waals surface area contributed by atoms with Gasteiger partial charge in [-0.3, -0.25) is 14.5 Å².